The van der Waals surface area contributed by atoms with E-state index in [1.165, 1.54) is 13.8 Å². The average Bonchev–Trinajstić information content (AvgIpc) is 2.51. The highest BCUT2D eigenvalue weighted by Crippen LogP contribution is 2.17. The standard InChI is InChI=1S/C6H12O2.C5H10O3.C5H12O2/c7-5-1-2-6(8)4-3-5;1-5(2,3-6)4(7)8;1-5(2,3-6)4-7/h5-8H,1-4H2;6H,3H2,1-2H3,(H,7,8);6-7H,3-4H2,1-2H3. The molecule has 0 unspecified atom stereocenters. The second-order valence-electron chi connectivity index (χ2n) is 7.29. The van der Waals surface area contributed by atoms with Crippen LogP contribution in [0.1, 0.15) is 53.4 Å². The van der Waals surface area contributed by atoms with Gasteiger partial charge in [0.05, 0.1) is 37.4 Å². The van der Waals surface area contributed by atoms with E-state index in [-0.39, 0.29) is 37.4 Å². The van der Waals surface area contributed by atoms with Crippen molar-refractivity contribution in [1.82, 2.24) is 0 Å². The van der Waals surface area contributed by atoms with Gasteiger partial charge in [-0.2, -0.15) is 0 Å². The highest BCUT2D eigenvalue weighted by molar-refractivity contribution is 5.73. The molecule has 140 valence electrons. The molecule has 1 rings (SSSR count). The minimum absolute atomic E-state index is 0.0451. The van der Waals surface area contributed by atoms with Crippen molar-refractivity contribution in [3.8, 4) is 0 Å². The third-order valence-electron chi connectivity index (χ3n) is 3.50. The van der Waals surface area contributed by atoms with E-state index in [1.807, 2.05) is 0 Å². The second kappa shape index (κ2) is 11.8. The summed E-state index contributed by atoms with van der Waals surface area (Å²) in [5.41, 5.74) is -1.29. The third-order valence-corrected chi connectivity index (χ3v) is 3.50. The fourth-order valence-corrected chi connectivity index (χ4v) is 1.18. The van der Waals surface area contributed by atoms with Gasteiger partial charge in [0.15, 0.2) is 0 Å². The number of aliphatic hydroxyl groups is 5. The van der Waals surface area contributed by atoms with Gasteiger partial charge in [0.1, 0.15) is 0 Å². The molecule has 0 bridgehead atoms. The van der Waals surface area contributed by atoms with E-state index in [2.05, 4.69) is 0 Å². The van der Waals surface area contributed by atoms with Crippen LogP contribution in [0.4, 0.5) is 0 Å². The van der Waals surface area contributed by atoms with Crippen LogP contribution in [0.5, 0.6) is 0 Å². The molecular formula is C16H34O7. The Hall–Kier alpha value is -0.730. The molecule has 0 amide bonds. The van der Waals surface area contributed by atoms with Crippen molar-refractivity contribution >= 4 is 5.97 Å². The minimum Gasteiger partial charge on any atom is -0.481 e. The van der Waals surface area contributed by atoms with E-state index in [4.69, 9.17) is 30.6 Å². The molecule has 0 aliphatic heterocycles. The van der Waals surface area contributed by atoms with E-state index >= 15 is 0 Å². The zero-order chi connectivity index (χ0) is 18.7. The zero-order valence-electron chi connectivity index (χ0n) is 14.7. The van der Waals surface area contributed by atoms with Crippen LogP contribution in [-0.4, -0.2) is 68.6 Å². The molecule has 0 spiro atoms. The fourth-order valence-electron chi connectivity index (χ4n) is 1.18. The second-order valence-corrected chi connectivity index (χ2v) is 7.29. The molecule has 0 heterocycles. The molecule has 0 aromatic carbocycles. The number of aliphatic hydroxyl groups excluding tert-OH is 5. The molecule has 1 aliphatic rings. The maximum Gasteiger partial charge on any atom is 0.311 e. The number of hydrogen-bond donors (Lipinski definition) is 6. The Morgan fingerprint density at radius 1 is 0.826 bits per heavy atom. The summed E-state index contributed by atoms with van der Waals surface area (Å²) in [6.07, 6.45) is 2.83. The molecular weight excluding hydrogens is 304 g/mol. The summed E-state index contributed by atoms with van der Waals surface area (Å²) in [5, 5.41) is 51.4. The lowest BCUT2D eigenvalue weighted by Crippen LogP contribution is -2.27. The van der Waals surface area contributed by atoms with Gasteiger partial charge in [-0.05, 0) is 39.5 Å². The van der Waals surface area contributed by atoms with E-state index in [0.717, 1.165) is 25.7 Å². The number of rotatable bonds is 4. The fraction of sp³-hybridized carbons (Fsp3) is 0.938. The van der Waals surface area contributed by atoms with Crippen LogP contribution in [0.15, 0.2) is 0 Å². The largest absolute Gasteiger partial charge is 0.481 e. The Kier molecular flexibility index (Phi) is 12.5. The molecule has 0 saturated heterocycles. The predicted molar refractivity (Wildman–Crippen MR) is 86.9 cm³/mol. The van der Waals surface area contributed by atoms with Crippen molar-refractivity contribution < 1.29 is 35.4 Å². The van der Waals surface area contributed by atoms with Crippen molar-refractivity contribution in [1.29, 1.82) is 0 Å². The highest BCUT2D eigenvalue weighted by Gasteiger charge is 2.25. The smallest absolute Gasteiger partial charge is 0.311 e. The molecule has 23 heavy (non-hydrogen) atoms. The molecule has 0 radical (unpaired) electrons. The van der Waals surface area contributed by atoms with Crippen molar-refractivity contribution in [2.75, 3.05) is 19.8 Å². The number of aliphatic carboxylic acids is 1. The Bertz CT molecular complexity index is 292. The molecule has 0 aromatic heterocycles. The van der Waals surface area contributed by atoms with E-state index in [0.29, 0.717) is 0 Å². The number of carboxylic acids is 1. The minimum atomic E-state index is -0.986. The lowest BCUT2D eigenvalue weighted by atomic mass is 9.95. The van der Waals surface area contributed by atoms with Gasteiger partial charge in [0.2, 0.25) is 0 Å². The van der Waals surface area contributed by atoms with Gasteiger partial charge >= 0.3 is 5.97 Å². The Labute approximate surface area is 138 Å². The van der Waals surface area contributed by atoms with Gasteiger partial charge in [-0.25, -0.2) is 0 Å². The topological polar surface area (TPSA) is 138 Å². The van der Waals surface area contributed by atoms with Crippen LogP contribution < -0.4 is 0 Å². The molecule has 6 N–H and O–H groups in total. The van der Waals surface area contributed by atoms with Gasteiger partial charge in [-0.3, -0.25) is 4.79 Å². The number of carboxylic acid groups (broad SMARTS) is 1. The first-order valence-electron chi connectivity index (χ1n) is 7.84. The van der Waals surface area contributed by atoms with Gasteiger partial charge in [0, 0.05) is 5.41 Å². The molecule has 1 aliphatic carbocycles. The molecule has 7 nitrogen and oxygen atoms in total. The Morgan fingerprint density at radius 2 is 1.13 bits per heavy atom. The summed E-state index contributed by atoms with van der Waals surface area (Å²) in [7, 11) is 0. The van der Waals surface area contributed by atoms with Crippen molar-refractivity contribution in [3.63, 3.8) is 0 Å². The Morgan fingerprint density at radius 3 is 1.22 bits per heavy atom. The normalized spacial score (nSPS) is 21.4. The van der Waals surface area contributed by atoms with Crippen LogP contribution >= 0.6 is 0 Å². The maximum atomic E-state index is 10.1. The van der Waals surface area contributed by atoms with Crippen LogP contribution in [0.3, 0.4) is 0 Å². The van der Waals surface area contributed by atoms with Crippen LogP contribution in [0.25, 0.3) is 0 Å². The van der Waals surface area contributed by atoms with Gasteiger partial charge < -0.3 is 30.6 Å². The summed E-state index contributed by atoms with van der Waals surface area (Å²) in [5.74, 6) is -0.972. The quantitative estimate of drug-likeness (QED) is 0.435. The monoisotopic (exact) mass is 338 g/mol. The lowest BCUT2D eigenvalue weighted by Gasteiger charge is -2.20. The predicted octanol–water partition coefficient (Wildman–Crippen LogP) is 0.369. The SMILES string of the molecule is CC(C)(CO)C(=O)O.CC(C)(CO)CO.OC1CCC(O)CC1. The lowest BCUT2D eigenvalue weighted by molar-refractivity contribution is -0.148. The summed E-state index contributed by atoms with van der Waals surface area (Å²) in [4.78, 5) is 10.1. The van der Waals surface area contributed by atoms with Crippen molar-refractivity contribution in [2.45, 2.75) is 65.6 Å². The molecule has 1 fully saturated rings. The summed E-state index contributed by atoms with van der Waals surface area (Å²) < 4.78 is 0. The van der Waals surface area contributed by atoms with E-state index in [9.17, 15) is 4.79 Å². The average molecular weight is 338 g/mol. The first-order chi connectivity index (χ1) is 10.4. The van der Waals surface area contributed by atoms with Gasteiger partial charge in [0.25, 0.3) is 0 Å². The summed E-state index contributed by atoms with van der Waals surface area (Å²) >= 11 is 0. The van der Waals surface area contributed by atoms with Crippen molar-refractivity contribution in [2.24, 2.45) is 10.8 Å². The highest BCUT2D eigenvalue weighted by atomic mass is 16.4. The summed E-state index contributed by atoms with van der Waals surface area (Å²) in [6, 6.07) is 0. The van der Waals surface area contributed by atoms with E-state index < -0.39 is 11.4 Å². The maximum absolute atomic E-state index is 10.1. The molecule has 1 saturated carbocycles. The van der Waals surface area contributed by atoms with Crippen molar-refractivity contribution in [3.05, 3.63) is 0 Å². The van der Waals surface area contributed by atoms with Crippen LogP contribution in [0, 0.1) is 10.8 Å². The molecule has 0 aromatic rings. The first kappa shape index (κ1) is 24.5. The molecule has 0 atom stereocenters. The van der Waals surface area contributed by atoms with Gasteiger partial charge in [-0.15, -0.1) is 0 Å². The summed E-state index contributed by atoms with van der Waals surface area (Å²) in [6.45, 7) is 6.31. The van der Waals surface area contributed by atoms with E-state index in [1.54, 1.807) is 13.8 Å². The number of hydrogen-bond acceptors (Lipinski definition) is 6. The first-order valence-corrected chi connectivity index (χ1v) is 7.84. The molecule has 7 heteroatoms. The van der Waals surface area contributed by atoms with Crippen LogP contribution in [-0.2, 0) is 4.79 Å². The van der Waals surface area contributed by atoms with Crippen LogP contribution in [0.2, 0.25) is 0 Å². The third kappa shape index (κ3) is 13.4. The Balaban J connectivity index is 0. The number of carbonyl (C=O) groups is 1. The van der Waals surface area contributed by atoms with Gasteiger partial charge in [-0.1, -0.05) is 13.8 Å². The zero-order valence-corrected chi connectivity index (χ0v) is 14.7.